The number of hydrogen-bond acceptors (Lipinski definition) is 5. The molecule has 2 N–H and O–H groups in total. The van der Waals surface area contributed by atoms with Crippen LogP contribution in [0.4, 0.5) is 5.69 Å². The molecule has 26 heavy (non-hydrogen) atoms. The highest BCUT2D eigenvalue weighted by Crippen LogP contribution is 2.33. The lowest BCUT2D eigenvalue weighted by Crippen LogP contribution is -3.00. The molecule has 1 aliphatic rings. The molecule has 0 saturated heterocycles. The molecule has 1 atom stereocenters. The van der Waals surface area contributed by atoms with Crippen molar-refractivity contribution < 1.29 is 33.2 Å². The number of aliphatic imine (C=N–C) groups is 1. The maximum absolute atomic E-state index is 13.0. The second kappa shape index (κ2) is 8.77. The first-order chi connectivity index (χ1) is 12.0. The van der Waals surface area contributed by atoms with E-state index in [1.54, 1.807) is 0 Å². The van der Waals surface area contributed by atoms with Crippen molar-refractivity contribution in [3.63, 3.8) is 0 Å². The highest BCUT2D eigenvalue weighted by atomic mass is 127. The largest absolute Gasteiger partial charge is 1.00 e. The van der Waals surface area contributed by atoms with Gasteiger partial charge in [0, 0.05) is 11.4 Å². The van der Waals surface area contributed by atoms with Crippen LogP contribution in [0.5, 0.6) is 0 Å². The van der Waals surface area contributed by atoms with Gasteiger partial charge in [-0.25, -0.2) is 4.99 Å². The number of aryl methyl sites for hydroxylation is 2. The van der Waals surface area contributed by atoms with Gasteiger partial charge in [0.2, 0.25) is 0 Å². The molecular formula is C19H21IN3O2S-. The number of allylic oxidation sites excluding steroid dienone is 1. The molecule has 1 amide bonds. The minimum atomic E-state index is -0.457. The Morgan fingerprint density at radius 2 is 1.92 bits per heavy atom. The summed E-state index contributed by atoms with van der Waals surface area (Å²) in [6, 6.07) is 11.0. The van der Waals surface area contributed by atoms with Gasteiger partial charge < -0.3 is 39.0 Å². The van der Waals surface area contributed by atoms with E-state index in [9.17, 15) is 4.79 Å². The zero-order valence-electron chi connectivity index (χ0n) is 15.1. The number of rotatable bonds is 3. The highest BCUT2D eigenvalue weighted by Gasteiger charge is 2.31. The van der Waals surface area contributed by atoms with E-state index in [0.29, 0.717) is 11.3 Å². The summed E-state index contributed by atoms with van der Waals surface area (Å²) in [5, 5.41) is 6.96. The van der Waals surface area contributed by atoms with E-state index in [2.05, 4.69) is 15.6 Å². The summed E-state index contributed by atoms with van der Waals surface area (Å²) in [5.41, 5.74) is 3.15. The van der Waals surface area contributed by atoms with E-state index in [4.69, 9.17) is 4.42 Å². The summed E-state index contributed by atoms with van der Waals surface area (Å²) in [5.74, 6) is 1.29. The molecule has 7 heteroatoms. The van der Waals surface area contributed by atoms with Crippen molar-refractivity contribution in [2.24, 2.45) is 4.99 Å². The molecule has 2 heterocycles. The highest BCUT2D eigenvalue weighted by molar-refractivity contribution is 8.13. The summed E-state index contributed by atoms with van der Waals surface area (Å²) in [7, 11) is 0. The monoisotopic (exact) mass is 482 g/mol. The normalized spacial score (nSPS) is 16.5. The van der Waals surface area contributed by atoms with Crippen LogP contribution in [-0.2, 0) is 4.79 Å². The van der Waals surface area contributed by atoms with Crippen molar-refractivity contribution in [3.8, 4) is 0 Å². The van der Waals surface area contributed by atoms with Crippen LogP contribution in [0.1, 0.15) is 30.0 Å². The van der Waals surface area contributed by atoms with Crippen LogP contribution >= 0.6 is 11.8 Å². The zero-order chi connectivity index (χ0) is 18.0. The number of thioether (sulfide) groups is 1. The SMILES string of the molecule is CSC1=NC(c2ccc(C)o2)C(C(=O)Nc2ccccc2C)=C(C)N1.[I-]. The van der Waals surface area contributed by atoms with Gasteiger partial charge in [-0.15, -0.1) is 0 Å². The molecule has 138 valence electrons. The van der Waals surface area contributed by atoms with Crippen molar-refractivity contribution in [2.45, 2.75) is 26.8 Å². The van der Waals surface area contributed by atoms with Gasteiger partial charge in [0.15, 0.2) is 5.17 Å². The average molecular weight is 482 g/mol. The van der Waals surface area contributed by atoms with Crippen LogP contribution in [0.25, 0.3) is 0 Å². The number of para-hydroxylation sites is 1. The van der Waals surface area contributed by atoms with Gasteiger partial charge >= 0.3 is 0 Å². The van der Waals surface area contributed by atoms with E-state index in [-0.39, 0.29) is 29.9 Å². The maximum Gasteiger partial charge on any atom is 0.256 e. The van der Waals surface area contributed by atoms with Crippen molar-refractivity contribution in [2.75, 3.05) is 11.6 Å². The van der Waals surface area contributed by atoms with Crippen molar-refractivity contribution in [3.05, 3.63) is 64.8 Å². The number of furan rings is 1. The number of halogens is 1. The second-order valence-corrected chi connectivity index (χ2v) is 6.72. The number of nitrogens with one attached hydrogen (secondary N) is 2. The van der Waals surface area contributed by atoms with Crippen LogP contribution in [0.3, 0.4) is 0 Å². The number of carbonyl (C=O) groups is 1. The summed E-state index contributed by atoms with van der Waals surface area (Å²) in [6.45, 7) is 5.74. The molecule has 1 aliphatic heterocycles. The summed E-state index contributed by atoms with van der Waals surface area (Å²) in [6.07, 6.45) is 1.95. The lowest BCUT2D eigenvalue weighted by atomic mass is 10.0. The third-order valence-electron chi connectivity index (χ3n) is 4.08. The number of anilines is 1. The zero-order valence-corrected chi connectivity index (χ0v) is 18.1. The minimum absolute atomic E-state index is 0. The summed E-state index contributed by atoms with van der Waals surface area (Å²) >= 11 is 1.51. The fourth-order valence-electron chi connectivity index (χ4n) is 2.75. The number of hydrogen-bond donors (Lipinski definition) is 2. The smallest absolute Gasteiger partial charge is 0.256 e. The van der Waals surface area contributed by atoms with Crippen LogP contribution in [-0.4, -0.2) is 17.3 Å². The molecule has 3 rings (SSSR count). The van der Waals surface area contributed by atoms with Crippen LogP contribution in [0.15, 0.2) is 57.1 Å². The van der Waals surface area contributed by atoms with E-state index in [1.165, 1.54) is 11.8 Å². The van der Waals surface area contributed by atoms with Gasteiger partial charge in [-0.1, -0.05) is 30.0 Å². The third-order valence-corrected chi connectivity index (χ3v) is 4.67. The molecule has 1 unspecified atom stereocenters. The molecule has 0 radical (unpaired) electrons. The molecule has 0 aliphatic carbocycles. The van der Waals surface area contributed by atoms with Crippen molar-refractivity contribution in [1.29, 1.82) is 0 Å². The Bertz CT molecular complexity index is 873. The van der Waals surface area contributed by atoms with Crippen LogP contribution in [0.2, 0.25) is 0 Å². The van der Waals surface area contributed by atoms with Crippen molar-refractivity contribution in [1.82, 2.24) is 5.32 Å². The predicted octanol–water partition coefficient (Wildman–Crippen LogP) is 1.18. The standard InChI is InChI=1S/C19H21N3O2S.HI/c1-11-7-5-6-8-14(11)21-18(23)16-13(3)20-19(25-4)22-17(16)15-10-9-12(2)24-15;/h5-10,17H,1-4H3,(H,20,22)(H,21,23);1H/p-1. The molecule has 5 nitrogen and oxygen atoms in total. The Labute approximate surface area is 174 Å². The van der Waals surface area contributed by atoms with E-state index < -0.39 is 6.04 Å². The van der Waals surface area contributed by atoms with E-state index in [1.807, 2.05) is 63.4 Å². The summed E-state index contributed by atoms with van der Waals surface area (Å²) < 4.78 is 5.76. The quantitative estimate of drug-likeness (QED) is 0.646. The van der Waals surface area contributed by atoms with Crippen LogP contribution < -0.4 is 34.6 Å². The van der Waals surface area contributed by atoms with Gasteiger partial charge in [-0.05, 0) is 50.8 Å². The average Bonchev–Trinajstić information content (AvgIpc) is 3.02. The van der Waals surface area contributed by atoms with Crippen LogP contribution in [0, 0.1) is 13.8 Å². The molecule has 1 aromatic heterocycles. The molecule has 0 fully saturated rings. The van der Waals surface area contributed by atoms with E-state index in [0.717, 1.165) is 27.9 Å². The lowest BCUT2D eigenvalue weighted by Gasteiger charge is -2.24. The van der Waals surface area contributed by atoms with Gasteiger partial charge in [0.05, 0.1) is 5.57 Å². The van der Waals surface area contributed by atoms with Gasteiger partial charge in [0.1, 0.15) is 17.6 Å². The van der Waals surface area contributed by atoms with Gasteiger partial charge in [-0.3, -0.25) is 4.79 Å². The second-order valence-electron chi connectivity index (χ2n) is 5.92. The Hall–Kier alpha value is -1.74. The van der Waals surface area contributed by atoms with E-state index >= 15 is 0 Å². The number of nitrogens with zero attached hydrogens (tertiary/aromatic N) is 1. The fraction of sp³-hybridized carbons (Fsp3) is 0.263. The molecule has 0 bridgehead atoms. The molecule has 0 spiro atoms. The number of benzene rings is 1. The van der Waals surface area contributed by atoms with Crippen molar-refractivity contribution >= 4 is 28.5 Å². The molecule has 1 aromatic carbocycles. The predicted molar refractivity (Wildman–Crippen MR) is 103 cm³/mol. The van der Waals surface area contributed by atoms with Gasteiger partial charge in [-0.2, -0.15) is 0 Å². The number of amides is 1. The lowest BCUT2D eigenvalue weighted by molar-refractivity contribution is -0.113. The first-order valence-corrected chi connectivity index (χ1v) is 9.25. The topological polar surface area (TPSA) is 66.6 Å². The molecule has 2 aromatic rings. The number of amidine groups is 1. The summed E-state index contributed by atoms with van der Waals surface area (Å²) in [4.78, 5) is 17.6. The number of carbonyl (C=O) groups excluding carboxylic acids is 1. The Morgan fingerprint density at radius 3 is 2.54 bits per heavy atom. The maximum atomic E-state index is 13.0. The molecule has 0 saturated carbocycles. The third kappa shape index (κ3) is 4.32. The molecular weight excluding hydrogens is 461 g/mol. The Morgan fingerprint density at radius 1 is 1.19 bits per heavy atom. The first-order valence-electron chi connectivity index (χ1n) is 8.02. The first kappa shape index (κ1) is 20.6. The Kier molecular flexibility index (Phi) is 6.94. The van der Waals surface area contributed by atoms with Gasteiger partial charge in [0.25, 0.3) is 5.91 Å². The minimum Gasteiger partial charge on any atom is -1.00 e. The Balaban J connectivity index is 0.00000243. The fourth-order valence-corrected chi connectivity index (χ4v) is 3.22.